The number of benzene rings is 1. The zero-order valence-electron chi connectivity index (χ0n) is 16.5. The first-order valence-corrected chi connectivity index (χ1v) is 10.2. The van der Waals surface area contributed by atoms with Gasteiger partial charge in [0.05, 0.1) is 6.54 Å². The van der Waals surface area contributed by atoms with Crippen molar-refractivity contribution in [2.75, 3.05) is 36.0 Å². The number of carbonyl (C=O) groups excluding carboxylic acids is 2. The lowest BCUT2D eigenvalue weighted by molar-refractivity contribution is 0.0951. The van der Waals surface area contributed by atoms with E-state index < -0.39 is 0 Å². The van der Waals surface area contributed by atoms with Gasteiger partial charge in [-0.3, -0.25) is 9.69 Å². The molecule has 0 bridgehead atoms. The fourth-order valence-electron chi connectivity index (χ4n) is 3.75. The predicted molar refractivity (Wildman–Crippen MR) is 111 cm³/mol. The Morgan fingerprint density at radius 1 is 1.03 bits per heavy atom. The van der Waals surface area contributed by atoms with Gasteiger partial charge in [0.15, 0.2) is 0 Å². The molecule has 0 saturated carbocycles. The second kappa shape index (κ2) is 8.94. The average Bonchev–Trinajstić information content (AvgIpc) is 3.01. The van der Waals surface area contributed by atoms with Crippen LogP contribution in [0.15, 0.2) is 42.6 Å². The summed E-state index contributed by atoms with van der Waals surface area (Å²) in [4.78, 5) is 32.5. The largest absolute Gasteiger partial charge is 0.447 e. The molecule has 2 aliphatic rings. The first kappa shape index (κ1) is 19.2. The van der Waals surface area contributed by atoms with Crippen LogP contribution in [0.1, 0.15) is 41.6 Å². The summed E-state index contributed by atoms with van der Waals surface area (Å²) in [6, 6.07) is 11.0. The molecule has 7 nitrogen and oxygen atoms in total. The monoisotopic (exact) mass is 394 g/mol. The molecule has 2 aromatic rings. The van der Waals surface area contributed by atoms with Crippen molar-refractivity contribution in [1.29, 1.82) is 0 Å². The standard InChI is InChI=1S/C22H26N4O3/c27-21(18-5-7-19(8-6-18)26-13-14-29-22(26)28)24-16-17-9-10-23-20(15-17)25-11-3-1-2-4-12-25/h5-10,15H,1-4,11-14,16H2,(H,24,27). The maximum atomic E-state index is 12.5. The van der Waals surface area contributed by atoms with Crippen molar-refractivity contribution in [2.24, 2.45) is 0 Å². The molecule has 2 fully saturated rings. The van der Waals surface area contributed by atoms with Crippen LogP contribution < -0.4 is 15.1 Å². The first-order valence-electron chi connectivity index (χ1n) is 10.2. The van der Waals surface area contributed by atoms with Crippen LogP contribution in [-0.2, 0) is 11.3 Å². The highest BCUT2D eigenvalue weighted by Gasteiger charge is 2.23. The molecular weight excluding hydrogens is 368 g/mol. The van der Waals surface area contributed by atoms with Gasteiger partial charge >= 0.3 is 6.09 Å². The van der Waals surface area contributed by atoms with E-state index in [1.165, 1.54) is 25.7 Å². The van der Waals surface area contributed by atoms with E-state index in [4.69, 9.17) is 4.74 Å². The summed E-state index contributed by atoms with van der Waals surface area (Å²) in [7, 11) is 0. The van der Waals surface area contributed by atoms with E-state index in [-0.39, 0.29) is 12.0 Å². The van der Waals surface area contributed by atoms with Crippen molar-refractivity contribution in [2.45, 2.75) is 32.2 Å². The van der Waals surface area contributed by atoms with Crippen LogP contribution in [0.2, 0.25) is 0 Å². The molecule has 29 heavy (non-hydrogen) atoms. The number of anilines is 2. The lowest BCUT2D eigenvalue weighted by Gasteiger charge is -2.21. The summed E-state index contributed by atoms with van der Waals surface area (Å²) in [5.74, 6) is 0.842. The third-order valence-electron chi connectivity index (χ3n) is 5.40. The summed E-state index contributed by atoms with van der Waals surface area (Å²) in [5.41, 5.74) is 2.33. The molecule has 1 aromatic heterocycles. The van der Waals surface area contributed by atoms with Gasteiger partial charge < -0.3 is 15.0 Å². The summed E-state index contributed by atoms with van der Waals surface area (Å²) >= 11 is 0. The van der Waals surface area contributed by atoms with E-state index in [2.05, 4.69) is 21.3 Å². The Bertz CT molecular complexity index is 861. The second-order valence-electron chi connectivity index (χ2n) is 7.42. The molecule has 0 radical (unpaired) electrons. The third kappa shape index (κ3) is 4.67. The van der Waals surface area contributed by atoms with E-state index in [0.717, 1.165) is 30.2 Å². The van der Waals surface area contributed by atoms with Crippen molar-refractivity contribution in [3.05, 3.63) is 53.7 Å². The van der Waals surface area contributed by atoms with Crippen molar-refractivity contribution < 1.29 is 14.3 Å². The van der Waals surface area contributed by atoms with Gasteiger partial charge in [-0.05, 0) is 54.8 Å². The van der Waals surface area contributed by atoms with Crippen LogP contribution in [0.25, 0.3) is 0 Å². The molecule has 0 atom stereocenters. The number of aromatic nitrogens is 1. The van der Waals surface area contributed by atoms with Gasteiger partial charge in [0.1, 0.15) is 12.4 Å². The van der Waals surface area contributed by atoms with Gasteiger partial charge in [-0.25, -0.2) is 9.78 Å². The molecule has 1 N–H and O–H groups in total. The number of nitrogens with one attached hydrogen (secondary N) is 1. The lowest BCUT2D eigenvalue weighted by atomic mass is 10.1. The fraction of sp³-hybridized carbons (Fsp3) is 0.409. The number of cyclic esters (lactones) is 1. The van der Waals surface area contributed by atoms with Gasteiger partial charge in [0.25, 0.3) is 5.91 Å². The summed E-state index contributed by atoms with van der Waals surface area (Å²) < 4.78 is 4.94. The molecule has 1 aromatic carbocycles. The van der Waals surface area contributed by atoms with Crippen LogP contribution >= 0.6 is 0 Å². The number of carbonyl (C=O) groups is 2. The number of nitrogens with zero attached hydrogens (tertiary/aromatic N) is 3. The van der Waals surface area contributed by atoms with E-state index in [0.29, 0.717) is 25.3 Å². The van der Waals surface area contributed by atoms with E-state index in [1.807, 2.05) is 12.3 Å². The predicted octanol–water partition coefficient (Wildman–Crippen LogP) is 3.35. The zero-order valence-corrected chi connectivity index (χ0v) is 16.5. The maximum Gasteiger partial charge on any atom is 0.414 e. The van der Waals surface area contributed by atoms with Gasteiger partial charge in [0.2, 0.25) is 0 Å². The molecular formula is C22H26N4O3. The molecule has 3 heterocycles. The van der Waals surface area contributed by atoms with Gasteiger partial charge in [-0.15, -0.1) is 0 Å². The number of amides is 2. The van der Waals surface area contributed by atoms with E-state index >= 15 is 0 Å². The molecule has 152 valence electrons. The molecule has 0 spiro atoms. The number of pyridine rings is 1. The first-order chi connectivity index (χ1) is 14.2. The molecule has 7 heteroatoms. The Morgan fingerprint density at radius 2 is 1.79 bits per heavy atom. The van der Waals surface area contributed by atoms with Gasteiger partial charge in [-0.2, -0.15) is 0 Å². The Morgan fingerprint density at radius 3 is 2.48 bits per heavy atom. The summed E-state index contributed by atoms with van der Waals surface area (Å²) in [6.45, 7) is 3.46. The van der Waals surface area contributed by atoms with Crippen LogP contribution in [-0.4, -0.2) is 43.2 Å². The number of hydrogen-bond acceptors (Lipinski definition) is 5. The quantitative estimate of drug-likeness (QED) is 0.842. The van der Waals surface area contributed by atoms with Gasteiger partial charge in [0, 0.05) is 37.1 Å². The Kier molecular flexibility index (Phi) is 5.93. The summed E-state index contributed by atoms with van der Waals surface area (Å²) in [5, 5.41) is 2.97. The Hall–Kier alpha value is -3.09. The van der Waals surface area contributed by atoms with Crippen LogP contribution in [0.5, 0.6) is 0 Å². The topological polar surface area (TPSA) is 74.8 Å². The highest BCUT2D eigenvalue weighted by Crippen LogP contribution is 2.20. The van der Waals surface area contributed by atoms with Crippen LogP contribution in [0, 0.1) is 0 Å². The number of hydrogen-bond donors (Lipinski definition) is 1. The summed E-state index contributed by atoms with van der Waals surface area (Å²) in [6.07, 6.45) is 6.43. The Balaban J connectivity index is 1.35. The van der Waals surface area contributed by atoms with Crippen LogP contribution in [0.3, 0.4) is 0 Å². The average molecular weight is 394 g/mol. The van der Waals surface area contributed by atoms with Crippen LogP contribution in [0.4, 0.5) is 16.3 Å². The molecule has 2 aliphatic heterocycles. The van der Waals surface area contributed by atoms with Gasteiger partial charge in [-0.1, -0.05) is 12.8 Å². The van der Waals surface area contributed by atoms with Crippen molar-refractivity contribution >= 4 is 23.5 Å². The minimum atomic E-state index is -0.347. The fourth-order valence-corrected chi connectivity index (χ4v) is 3.75. The van der Waals surface area contributed by atoms with E-state index in [9.17, 15) is 9.59 Å². The third-order valence-corrected chi connectivity index (χ3v) is 5.40. The van der Waals surface area contributed by atoms with Crippen molar-refractivity contribution in [1.82, 2.24) is 10.3 Å². The molecule has 0 aliphatic carbocycles. The van der Waals surface area contributed by atoms with E-state index in [1.54, 1.807) is 29.2 Å². The maximum absolute atomic E-state index is 12.5. The van der Waals surface area contributed by atoms with Crippen molar-refractivity contribution in [3.8, 4) is 0 Å². The number of ether oxygens (including phenoxy) is 1. The SMILES string of the molecule is O=C(NCc1ccnc(N2CCCCCC2)c1)c1ccc(N2CCOC2=O)cc1. The number of rotatable bonds is 5. The minimum Gasteiger partial charge on any atom is -0.447 e. The molecule has 0 unspecified atom stereocenters. The normalized spacial score (nSPS) is 17.0. The highest BCUT2D eigenvalue weighted by molar-refractivity contribution is 5.95. The van der Waals surface area contributed by atoms with Crippen molar-refractivity contribution in [3.63, 3.8) is 0 Å². The molecule has 2 saturated heterocycles. The zero-order chi connectivity index (χ0) is 20.1. The minimum absolute atomic E-state index is 0.145. The molecule has 4 rings (SSSR count). The smallest absolute Gasteiger partial charge is 0.414 e. The Labute approximate surface area is 170 Å². The molecule has 2 amide bonds. The second-order valence-corrected chi connectivity index (χ2v) is 7.42. The lowest BCUT2D eigenvalue weighted by Crippen LogP contribution is -2.26. The highest BCUT2D eigenvalue weighted by atomic mass is 16.6.